The molecule has 0 aliphatic rings. The minimum atomic E-state index is 0.0427. The molecule has 1 aromatic rings. The predicted octanol–water partition coefficient (Wildman–Crippen LogP) is 0.550. The van der Waals surface area contributed by atoms with Gasteiger partial charge in [-0.25, -0.2) is 4.98 Å². The Morgan fingerprint density at radius 1 is 1.56 bits per heavy atom. The first-order valence-electron chi connectivity index (χ1n) is 5.58. The summed E-state index contributed by atoms with van der Waals surface area (Å²) in [4.78, 5) is 15.4. The first kappa shape index (κ1) is 12.7. The fourth-order valence-corrected chi connectivity index (χ4v) is 1.50. The van der Waals surface area contributed by atoms with Gasteiger partial charge in [0.15, 0.2) is 0 Å². The second-order valence-electron chi connectivity index (χ2n) is 3.91. The minimum Gasteiger partial charge on any atom is -0.396 e. The van der Waals surface area contributed by atoms with Crippen LogP contribution in [0.5, 0.6) is 0 Å². The second kappa shape index (κ2) is 7.00. The van der Waals surface area contributed by atoms with Gasteiger partial charge >= 0.3 is 0 Å². The van der Waals surface area contributed by atoms with E-state index >= 15 is 0 Å². The van der Waals surface area contributed by atoms with Crippen LogP contribution in [0.25, 0.3) is 0 Å². The third-order valence-electron chi connectivity index (χ3n) is 2.26. The van der Waals surface area contributed by atoms with E-state index in [1.807, 2.05) is 17.7 Å². The zero-order chi connectivity index (χ0) is 11.8. The molecule has 0 aliphatic carbocycles. The summed E-state index contributed by atoms with van der Waals surface area (Å²) in [7, 11) is 0. The smallest absolute Gasteiger partial charge is 0.220 e. The number of hydrogen-bond acceptors (Lipinski definition) is 3. The van der Waals surface area contributed by atoms with Gasteiger partial charge in [0.25, 0.3) is 0 Å². The highest BCUT2D eigenvalue weighted by atomic mass is 16.2. The lowest BCUT2D eigenvalue weighted by atomic mass is 10.2. The third-order valence-corrected chi connectivity index (χ3v) is 2.26. The number of imidazole rings is 1. The van der Waals surface area contributed by atoms with Crippen LogP contribution in [-0.4, -0.2) is 33.2 Å². The summed E-state index contributed by atoms with van der Waals surface area (Å²) in [6.45, 7) is 2.84. The number of rotatable bonds is 7. The number of aliphatic hydroxyl groups excluding tert-OH is 1. The highest BCUT2D eigenvalue weighted by Crippen LogP contribution is 1.96. The molecule has 0 saturated carbocycles. The van der Waals surface area contributed by atoms with Gasteiger partial charge in [-0.3, -0.25) is 4.79 Å². The van der Waals surface area contributed by atoms with Crippen LogP contribution in [0.1, 0.15) is 26.2 Å². The fourth-order valence-electron chi connectivity index (χ4n) is 1.50. The summed E-state index contributed by atoms with van der Waals surface area (Å²) < 4.78 is 1.93. The number of aromatic nitrogens is 2. The summed E-state index contributed by atoms with van der Waals surface area (Å²) >= 11 is 0. The topological polar surface area (TPSA) is 67.2 Å². The van der Waals surface area contributed by atoms with Gasteiger partial charge in [0.1, 0.15) is 0 Å². The van der Waals surface area contributed by atoms with E-state index in [-0.39, 0.29) is 18.6 Å². The quantitative estimate of drug-likeness (QED) is 0.666. The molecule has 2 N–H and O–H groups in total. The number of amides is 1. The molecule has 1 heterocycles. The van der Waals surface area contributed by atoms with Crippen LogP contribution < -0.4 is 5.32 Å². The van der Waals surface area contributed by atoms with Crippen LogP contribution >= 0.6 is 0 Å². The first-order valence-corrected chi connectivity index (χ1v) is 5.58. The van der Waals surface area contributed by atoms with Gasteiger partial charge in [-0.1, -0.05) is 0 Å². The van der Waals surface area contributed by atoms with E-state index in [4.69, 9.17) is 5.11 Å². The molecule has 0 aromatic carbocycles. The average Bonchev–Trinajstić information content (AvgIpc) is 2.70. The average molecular weight is 225 g/mol. The number of aliphatic hydroxyl groups is 1. The van der Waals surface area contributed by atoms with Crippen molar-refractivity contribution in [1.82, 2.24) is 14.9 Å². The van der Waals surface area contributed by atoms with Crippen LogP contribution in [0.3, 0.4) is 0 Å². The number of unbranched alkanes of at least 4 members (excludes halogenated alkanes) is 1. The molecule has 1 unspecified atom stereocenters. The summed E-state index contributed by atoms with van der Waals surface area (Å²) in [5.41, 5.74) is 0. The van der Waals surface area contributed by atoms with Gasteiger partial charge in [-0.05, 0) is 19.8 Å². The van der Waals surface area contributed by atoms with Gasteiger partial charge in [0.05, 0.1) is 6.33 Å². The summed E-state index contributed by atoms with van der Waals surface area (Å²) in [5, 5.41) is 11.5. The second-order valence-corrected chi connectivity index (χ2v) is 3.91. The van der Waals surface area contributed by atoms with Gasteiger partial charge in [0, 0.05) is 38.0 Å². The summed E-state index contributed by atoms with van der Waals surface area (Å²) in [6.07, 6.45) is 7.22. The maximum absolute atomic E-state index is 11.4. The van der Waals surface area contributed by atoms with Crippen molar-refractivity contribution in [3.8, 4) is 0 Å². The molecule has 0 spiro atoms. The van der Waals surface area contributed by atoms with Crippen molar-refractivity contribution < 1.29 is 9.90 Å². The van der Waals surface area contributed by atoms with E-state index in [2.05, 4.69) is 10.3 Å². The standard InChI is InChI=1S/C11H19N3O2/c1-10(8-14-6-5-12-9-14)13-11(16)4-2-3-7-15/h5-6,9-10,15H,2-4,7-8H2,1H3,(H,13,16). The van der Waals surface area contributed by atoms with Crippen molar-refractivity contribution in [2.24, 2.45) is 0 Å². The van der Waals surface area contributed by atoms with Gasteiger partial charge in [0.2, 0.25) is 5.91 Å². The molecule has 5 heteroatoms. The summed E-state index contributed by atoms with van der Waals surface area (Å²) in [6, 6.07) is 0.0934. The lowest BCUT2D eigenvalue weighted by molar-refractivity contribution is -0.121. The molecule has 0 fully saturated rings. The molecule has 0 aliphatic heterocycles. The van der Waals surface area contributed by atoms with Crippen molar-refractivity contribution in [1.29, 1.82) is 0 Å². The molecule has 90 valence electrons. The molecule has 16 heavy (non-hydrogen) atoms. The maximum Gasteiger partial charge on any atom is 0.220 e. The SMILES string of the molecule is CC(Cn1ccnc1)NC(=O)CCCCO. The largest absolute Gasteiger partial charge is 0.396 e. The Morgan fingerprint density at radius 3 is 3.00 bits per heavy atom. The predicted molar refractivity (Wildman–Crippen MR) is 60.8 cm³/mol. The molecular formula is C11H19N3O2. The third kappa shape index (κ3) is 4.93. The van der Waals surface area contributed by atoms with Crippen molar-refractivity contribution >= 4 is 5.91 Å². The number of carbonyl (C=O) groups is 1. The highest BCUT2D eigenvalue weighted by Gasteiger charge is 2.07. The number of nitrogens with one attached hydrogen (secondary N) is 1. The van der Waals surface area contributed by atoms with E-state index in [0.717, 1.165) is 13.0 Å². The Morgan fingerprint density at radius 2 is 2.38 bits per heavy atom. The van der Waals surface area contributed by atoms with Crippen LogP contribution in [0.4, 0.5) is 0 Å². The van der Waals surface area contributed by atoms with Crippen molar-refractivity contribution in [2.45, 2.75) is 38.8 Å². The van der Waals surface area contributed by atoms with Crippen LogP contribution in [0.15, 0.2) is 18.7 Å². The first-order chi connectivity index (χ1) is 7.72. The lowest BCUT2D eigenvalue weighted by Gasteiger charge is -2.14. The Bertz CT molecular complexity index is 298. The molecule has 1 aromatic heterocycles. The maximum atomic E-state index is 11.4. The molecular weight excluding hydrogens is 206 g/mol. The number of nitrogens with zero attached hydrogens (tertiary/aromatic N) is 2. The number of carbonyl (C=O) groups excluding carboxylic acids is 1. The van der Waals surface area contributed by atoms with Crippen molar-refractivity contribution in [3.05, 3.63) is 18.7 Å². The highest BCUT2D eigenvalue weighted by molar-refractivity contribution is 5.76. The normalized spacial score (nSPS) is 12.4. The van der Waals surface area contributed by atoms with Crippen molar-refractivity contribution in [3.63, 3.8) is 0 Å². The van der Waals surface area contributed by atoms with E-state index in [9.17, 15) is 4.79 Å². The zero-order valence-corrected chi connectivity index (χ0v) is 9.59. The van der Waals surface area contributed by atoms with E-state index in [1.165, 1.54) is 0 Å². The van der Waals surface area contributed by atoms with Crippen LogP contribution in [0, 0.1) is 0 Å². The molecule has 0 bridgehead atoms. The lowest BCUT2D eigenvalue weighted by Crippen LogP contribution is -2.35. The minimum absolute atomic E-state index is 0.0427. The summed E-state index contributed by atoms with van der Waals surface area (Å²) in [5.74, 6) is 0.0427. The fraction of sp³-hybridized carbons (Fsp3) is 0.636. The van der Waals surface area contributed by atoms with Gasteiger partial charge in [-0.15, -0.1) is 0 Å². The van der Waals surface area contributed by atoms with E-state index in [0.29, 0.717) is 12.8 Å². The monoisotopic (exact) mass is 225 g/mol. The zero-order valence-electron chi connectivity index (χ0n) is 9.59. The van der Waals surface area contributed by atoms with E-state index < -0.39 is 0 Å². The Kier molecular flexibility index (Phi) is 5.56. The molecule has 1 atom stereocenters. The van der Waals surface area contributed by atoms with Crippen molar-refractivity contribution in [2.75, 3.05) is 6.61 Å². The number of hydrogen-bond donors (Lipinski definition) is 2. The van der Waals surface area contributed by atoms with E-state index in [1.54, 1.807) is 12.5 Å². The molecule has 5 nitrogen and oxygen atoms in total. The van der Waals surface area contributed by atoms with Crippen LogP contribution in [0.2, 0.25) is 0 Å². The van der Waals surface area contributed by atoms with Gasteiger partial charge in [-0.2, -0.15) is 0 Å². The molecule has 1 amide bonds. The Hall–Kier alpha value is -1.36. The Balaban J connectivity index is 2.18. The molecule has 0 radical (unpaired) electrons. The van der Waals surface area contributed by atoms with Gasteiger partial charge < -0.3 is 15.0 Å². The Labute approximate surface area is 95.5 Å². The van der Waals surface area contributed by atoms with Crippen LogP contribution in [-0.2, 0) is 11.3 Å². The molecule has 1 rings (SSSR count). The molecule has 0 saturated heterocycles.